The molecule has 0 amide bonds. The number of fused-ring (bicyclic) bond motifs is 8. The zero-order valence-corrected chi connectivity index (χ0v) is 28.6. The smallest absolute Gasteiger partial charge is 0.137 e. The first-order valence-corrected chi connectivity index (χ1v) is 17.6. The molecule has 51 heavy (non-hydrogen) atoms. The number of hydrogen-bond donors (Lipinski definition) is 0. The van der Waals surface area contributed by atoms with Crippen molar-refractivity contribution >= 4 is 49.8 Å². The van der Waals surface area contributed by atoms with Gasteiger partial charge in [-0.15, -0.1) is 0 Å². The molecule has 9 aromatic rings. The SMILES string of the molecule is CC1(C)c2ccccc2-c2ccc(N(c3ccccc3)c3ccc(-c4ccc5c(c4)c4c6ccccc6ccc4n5-c4ccccc4)cn3)cc21. The Balaban J connectivity index is 1.10. The molecule has 7 aromatic carbocycles. The molecule has 0 N–H and O–H groups in total. The highest BCUT2D eigenvalue weighted by atomic mass is 15.2. The van der Waals surface area contributed by atoms with Crippen molar-refractivity contribution in [1.29, 1.82) is 0 Å². The molecular formula is C48H35N3. The maximum Gasteiger partial charge on any atom is 0.137 e. The fourth-order valence-corrected chi connectivity index (χ4v) is 8.34. The van der Waals surface area contributed by atoms with Gasteiger partial charge in [0.15, 0.2) is 0 Å². The van der Waals surface area contributed by atoms with Gasteiger partial charge in [0.2, 0.25) is 0 Å². The van der Waals surface area contributed by atoms with Crippen LogP contribution in [0.15, 0.2) is 176 Å². The molecular weight excluding hydrogens is 619 g/mol. The second kappa shape index (κ2) is 11.3. The molecule has 0 bridgehead atoms. The van der Waals surface area contributed by atoms with Crippen LogP contribution in [0.1, 0.15) is 25.0 Å². The van der Waals surface area contributed by atoms with E-state index < -0.39 is 0 Å². The summed E-state index contributed by atoms with van der Waals surface area (Å²) in [4.78, 5) is 7.41. The molecule has 1 aliphatic carbocycles. The van der Waals surface area contributed by atoms with E-state index in [9.17, 15) is 0 Å². The van der Waals surface area contributed by atoms with Crippen molar-refractivity contribution in [3.63, 3.8) is 0 Å². The van der Waals surface area contributed by atoms with Crippen molar-refractivity contribution in [2.24, 2.45) is 0 Å². The lowest BCUT2D eigenvalue weighted by Gasteiger charge is -2.27. The van der Waals surface area contributed by atoms with Crippen LogP contribution in [-0.4, -0.2) is 9.55 Å². The highest BCUT2D eigenvalue weighted by molar-refractivity contribution is 6.21. The number of anilines is 3. The van der Waals surface area contributed by atoms with Crippen LogP contribution in [0.4, 0.5) is 17.2 Å². The minimum atomic E-state index is -0.0881. The summed E-state index contributed by atoms with van der Waals surface area (Å²) in [5.74, 6) is 0.881. The Morgan fingerprint density at radius 2 is 1.22 bits per heavy atom. The average Bonchev–Trinajstić information content (AvgIpc) is 3.64. The summed E-state index contributed by atoms with van der Waals surface area (Å²) in [6.07, 6.45) is 2.02. The third-order valence-corrected chi connectivity index (χ3v) is 10.8. The Labute approximate surface area is 297 Å². The largest absolute Gasteiger partial charge is 0.309 e. The number of benzene rings is 7. The quantitative estimate of drug-likeness (QED) is 0.184. The zero-order valence-electron chi connectivity index (χ0n) is 28.6. The molecule has 0 aliphatic heterocycles. The summed E-state index contributed by atoms with van der Waals surface area (Å²) in [6, 6.07) is 61.3. The van der Waals surface area contributed by atoms with E-state index in [1.165, 1.54) is 54.8 Å². The van der Waals surface area contributed by atoms with Crippen LogP contribution in [0.5, 0.6) is 0 Å². The molecule has 2 aromatic heterocycles. The van der Waals surface area contributed by atoms with Crippen molar-refractivity contribution in [1.82, 2.24) is 9.55 Å². The molecule has 0 unspecified atom stereocenters. The van der Waals surface area contributed by atoms with E-state index in [1.807, 2.05) is 6.20 Å². The lowest BCUT2D eigenvalue weighted by Crippen LogP contribution is -2.17. The van der Waals surface area contributed by atoms with Crippen LogP contribution < -0.4 is 4.90 Å². The highest BCUT2D eigenvalue weighted by Gasteiger charge is 2.35. The van der Waals surface area contributed by atoms with E-state index in [4.69, 9.17) is 4.98 Å². The normalized spacial score (nSPS) is 13.1. The van der Waals surface area contributed by atoms with Crippen molar-refractivity contribution in [2.75, 3.05) is 4.90 Å². The topological polar surface area (TPSA) is 21.1 Å². The molecule has 3 heteroatoms. The monoisotopic (exact) mass is 653 g/mol. The molecule has 3 nitrogen and oxygen atoms in total. The number of para-hydroxylation sites is 2. The fourth-order valence-electron chi connectivity index (χ4n) is 8.34. The molecule has 0 saturated carbocycles. The zero-order chi connectivity index (χ0) is 34.1. The van der Waals surface area contributed by atoms with Gasteiger partial charge < -0.3 is 4.57 Å². The van der Waals surface area contributed by atoms with Crippen LogP contribution in [-0.2, 0) is 5.41 Å². The van der Waals surface area contributed by atoms with Crippen LogP contribution in [0.2, 0.25) is 0 Å². The van der Waals surface area contributed by atoms with Crippen LogP contribution in [0.3, 0.4) is 0 Å². The molecule has 1 aliphatic rings. The second-order valence-corrected chi connectivity index (χ2v) is 14.1. The molecule has 0 saturated heterocycles. The van der Waals surface area contributed by atoms with Crippen molar-refractivity contribution < 1.29 is 0 Å². The van der Waals surface area contributed by atoms with E-state index in [0.29, 0.717) is 0 Å². The van der Waals surface area contributed by atoms with Crippen molar-refractivity contribution in [3.8, 4) is 27.9 Å². The maximum atomic E-state index is 5.14. The Hall–Kier alpha value is -6.45. The van der Waals surface area contributed by atoms with E-state index in [0.717, 1.165) is 34.0 Å². The standard InChI is InChI=1S/C48H35N3/c1-48(2)42-20-12-11-19-39(42)40-25-24-37(30-43(40)48)50(35-14-5-3-6-15-35)46-28-23-34(31-49-46)33-22-26-44-41(29-33)47-38-18-10-9-13-32(38)21-27-45(47)51(44)36-16-7-4-8-17-36/h3-31H,1-2H3. The predicted molar refractivity (Wildman–Crippen MR) is 214 cm³/mol. The predicted octanol–water partition coefficient (Wildman–Crippen LogP) is 12.8. The average molecular weight is 654 g/mol. The number of pyridine rings is 1. The van der Waals surface area contributed by atoms with Gasteiger partial charge in [-0.05, 0) is 105 Å². The molecule has 0 spiro atoms. The van der Waals surface area contributed by atoms with Gasteiger partial charge in [0.05, 0.1) is 11.0 Å². The van der Waals surface area contributed by atoms with Crippen molar-refractivity contribution in [2.45, 2.75) is 19.3 Å². The lowest BCUT2D eigenvalue weighted by atomic mass is 9.82. The van der Waals surface area contributed by atoms with Gasteiger partial charge in [0.1, 0.15) is 5.82 Å². The molecule has 0 radical (unpaired) electrons. The minimum absolute atomic E-state index is 0.0881. The Morgan fingerprint density at radius 1 is 0.510 bits per heavy atom. The molecule has 0 fully saturated rings. The van der Waals surface area contributed by atoms with Crippen LogP contribution in [0, 0.1) is 0 Å². The molecule has 2 heterocycles. The summed E-state index contributed by atoms with van der Waals surface area (Å²) >= 11 is 0. The Morgan fingerprint density at radius 3 is 2.04 bits per heavy atom. The number of hydrogen-bond acceptors (Lipinski definition) is 2. The van der Waals surface area contributed by atoms with E-state index >= 15 is 0 Å². The van der Waals surface area contributed by atoms with Gasteiger partial charge in [-0.3, -0.25) is 4.90 Å². The van der Waals surface area contributed by atoms with Crippen LogP contribution >= 0.6 is 0 Å². The third kappa shape index (κ3) is 4.55. The summed E-state index contributed by atoms with van der Waals surface area (Å²) in [5, 5.41) is 5.02. The Kier molecular flexibility index (Phi) is 6.53. The molecule has 10 rings (SSSR count). The fraction of sp³-hybridized carbons (Fsp3) is 0.0625. The first-order chi connectivity index (χ1) is 25.1. The molecule has 0 atom stereocenters. The van der Waals surface area contributed by atoms with E-state index in [1.54, 1.807) is 0 Å². The van der Waals surface area contributed by atoms with E-state index in [-0.39, 0.29) is 5.41 Å². The highest BCUT2D eigenvalue weighted by Crippen LogP contribution is 2.50. The van der Waals surface area contributed by atoms with Crippen molar-refractivity contribution in [3.05, 3.63) is 187 Å². The Bertz CT molecular complexity index is 2760. The number of aromatic nitrogens is 2. The molecule has 242 valence electrons. The lowest BCUT2D eigenvalue weighted by molar-refractivity contribution is 0.660. The first-order valence-electron chi connectivity index (χ1n) is 17.6. The number of nitrogens with zero attached hydrogens (tertiary/aromatic N) is 3. The van der Waals surface area contributed by atoms with Gasteiger partial charge in [0.25, 0.3) is 0 Å². The van der Waals surface area contributed by atoms with E-state index in [2.05, 4.69) is 193 Å². The first kappa shape index (κ1) is 29.5. The second-order valence-electron chi connectivity index (χ2n) is 14.1. The van der Waals surface area contributed by atoms with Gasteiger partial charge in [-0.1, -0.05) is 117 Å². The maximum absolute atomic E-state index is 5.14. The summed E-state index contributed by atoms with van der Waals surface area (Å²) < 4.78 is 2.39. The number of rotatable bonds is 5. The third-order valence-electron chi connectivity index (χ3n) is 10.8. The van der Waals surface area contributed by atoms with Gasteiger partial charge >= 0.3 is 0 Å². The summed E-state index contributed by atoms with van der Waals surface area (Å²) in [5.41, 5.74) is 13.2. The summed E-state index contributed by atoms with van der Waals surface area (Å²) in [6.45, 7) is 4.66. The summed E-state index contributed by atoms with van der Waals surface area (Å²) in [7, 11) is 0. The van der Waals surface area contributed by atoms with Gasteiger partial charge in [-0.2, -0.15) is 0 Å². The van der Waals surface area contributed by atoms with Gasteiger partial charge in [0, 0.05) is 45.0 Å². The minimum Gasteiger partial charge on any atom is -0.309 e. The van der Waals surface area contributed by atoms with Crippen LogP contribution in [0.25, 0.3) is 60.5 Å². The van der Waals surface area contributed by atoms with Gasteiger partial charge in [-0.25, -0.2) is 4.98 Å².